The molecule has 0 aliphatic heterocycles. The van der Waals surface area contributed by atoms with Crippen LogP contribution in [0.5, 0.6) is 0 Å². The Kier molecular flexibility index (Phi) is 3.40. The lowest BCUT2D eigenvalue weighted by molar-refractivity contribution is 0.975. The van der Waals surface area contributed by atoms with Gasteiger partial charge in [0.1, 0.15) is 0 Å². The Bertz CT molecular complexity index is 1520. The van der Waals surface area contributed by atoms with Crippen LogP contribution in [-0.2, 0) is 0 Å². The summed E-state index contributed by atoms with van der Waals surface area (Å²) in [5, 5.41) is 15.9. The minimum Gasteiger partial charge on any atom is -0.284 e. The van der Waals surface area contributed by atoms with Crippen LogP contribution < -0.4 is 0 Å². The molecule has 4 aromatic carbocycles. The first kappa shape index (κ1) is 16.8. The Morgan fingerprint density at radius 3 is 1.03 bits per heavy atom. The SMILES string of the molecule is c1ccc2c(c1)c1ccccc1n2-c1nnc(-n2c3ccccc3c3ccccc32)s1. The molecule has 0 spiro atoms. The monoisotopic (exact) mass is 416 g/mol. The van der Waals surface area contributed by atoms with Crippen LogP contribution in [0.1, 0.15) is 0 Å². The van der Waals surface area contributed by atoms with Gasteiger partial charge in [-0.1, -0.05) is 84.1 Å². The number of rotatable bonds is 2. The molecule has 0 aliphatic rings. The summed E-state index contributed by atoms with van der Waals surface area (Å²) < 4.78 is 4.44. The highest BCUT2D eigenvalue weighted by Crippen LogP contribution is 2.36. The maximum Gasteiger partial charge on any atom is 0.219 e. The minimum atomic E-state index is 0.870. The molecule has 0 fully saturated rings. The van der Waals surface area contributed by atoms with E-state index >= 15 is 0 Å². The summed E-state index contributed by atoms with van der Waals surface area (Å²) >= 11 is 1.61. The van der Waals surface area contributed by atoms with Crippen molar-refractivity contribution in [1.29, 1.82) is 0 Å². The van der Waals surface area contributed by atoms with E-state index in [1.807, 2.05) is 0 Å². The largest absolute Gasteiger partial charge is 0.284 e. The van der Waals surface area contributed by atoms with E-state index in [1.54, 1.807) is 11.3 Å². The van der Waals surface area contributed by atoms with Crippen molar-refractivity contribution in [3.8, 4) is 10.3 Å². The highest BCUT2D eigenvalue weighted by atomic mass is 32.1. The zero-order valence-electron chi connectivity index (χ0n) is 16.4. The fourth-order valence-electron chi connectivity index (χ4n) is 4.65. The molecule has 0 unspecified atom stereocenters. The molecule has 0 N–H and O–H groups in total. The standard InChI is InChI=1S/C26H16N4S/c1-5-13-21-17(9-1)18-10-2-6-14-22(18)29(21)25-27-28-26(31-25)30-23-15-7-3-11-19(23)20-12-4-8-16-24(20)30/h1-16H. The van der Waals surface area contributed by atoms with Crippen LogP contribution in [0.25, 0.3) is 53.9 Å². The van der Waals surface area contributed by atoms with Crippen LogP contribution >= 0.6 is 11.3 Å². The van der Waals surface area contributed by atoms with Gasteiger partial charge >= 0.3 is 0 Å². The molecule has 7 rings (SSSR count). The van der Waals surface area contributed by atoms with E-state index in [0.717, 1.165) is 32.3 Å². The van der Waals surface area contributed by atoms with Gasteiger partial charge in [0, 0.05) is 21.5 Å². The average molecular weight is 417 g/mol. The van der Waals surface area contributed by atoms with Gasteiger partial charge in [0.2, 0.25) is 10.3 Å². The molecule has 4 nitrogen and oxygen atoms in total. The summed E-state index contributed by atoms with van der Waals surface area (Å²) in [6.45, 7) is 0. The topological polar surface area (TPSA) is 35.6 Å². The lowest BCUT2D eigenvalue weighted by Crippen LogP contribution is -1.92. The summed E-state index contributed by atoms with van der Waals surface area (Å²) in [6, 6.07) is 33.9. The zero-order valence-corrected chi connectivity index (χ0v) is 17.3. The Morgan fingerprint density at radius 1 is 0.419 bits per heavy atom. The van der Waals surface area contributed by atoms with Crippen molar-refractivity contribution >= 4 is 54.9 Å². The van der Waals surface area contributed by atoms with Crippen molar-refractivity contribution in [3.05, 3.63) is 97.1 Å². The maximum atomic E-state index is 4.64. The lowest BCUT2D eigenvalue weighted by Gasteiger charge is -2.03. The molecule has 5 heteroatoms. The molecule has 0 saturated heterocycles. The molecule has 0 bridgehead atoms. The van der Waals surface area contributed by atoms with Gasteiger partial charge in [0.05, 0.1) is 22.1 Å². The smallest absolute Gasteiger partial charge is 0.219 e. The number of nitrogens with zero attached hydrogens (tertiary/aromatic N) is 4. The molecule has 0 radical (unpaired) electrons. The van der Waals surface area contributed by atoms with Crippen LogP contribution in [0, 0.1) is 0 Å². The summed E-state index contributed by atoms with van der Waals surface area (Å²) in [5.41, 5.74) is 4.59. The van der Waals surface area contributed by atoms with Gasteiger partial charge in [-0.15, -0.1) is 10.2 Å². The molecular formula is C26H16N4S. The third-order valence-corrected chi connectivity index (χ3v) is 6.84. The van der Waals surface area contributed by atoms with E-state index in [0.29, 0.717) is 0 Å². The van der Waals surface area contributed by atoms with E-state index in [1.165, 1.54) is 21.5 Å². The van der Waals surface area contributed by atoms with Gasteiger partial charge in [-0.2, -0.15) is 0 Å². The summed E-state index contributed by atoms with van der Waals surface area (Å²) in [4.78, 5) is 0. The molecule has 7 aromatic rings. The molecular weight excluding hydrogens is 400 g/mol. The first-order valence-electron chi connectivity index (χ1n) is 10.2. The second-order valence-corrected chi connectivity index (χ2v) is 8.54. The Labute approximate surface area is 181 Å². The van der Waals surface area contributed by atoms with Gasteiger partial charge in [0.15, 0.2) is 0 Å². The minimum absolute atomic E-state index is 0.870. The highest BCUT2D eigenvalue weighted by molar-refractivity contribution is 7.16. The summed E-state index contributed by atoms with van der Waals surface area (Å²) in [5.74, 6) is 0. The van der Waals surface area contributed by atoms with Crippen molar-refractivity contribution in [2.45, 2.75) is 0 Å². The third-order valence-electron chi connectivity index (χ3n) is 5.95. The fraction of sp³-hybridized carbons (Fsp3) is 0. The second kappa shape index (κ2) is 6.27. The van der Waals surface area contributed by atoms with Crippen molar-refractivity contribution in [3.63, 3.8) is 0 Å². The molecule has 31 heavy (non-hydrogen) atoms. The summed E-state index contributed by atoms with van der Waals surface area (Å²) in [7, 11) is 0. The number of benzene rings is 4. The van der Waals surface area contributed by atoms with E-state index in [9.17, 15) is 0 Å². The number of para-hydroxylation sites is 4. The Morgan fingerprint density at radius 2 is 0.710 bits per heavy atom. The van der Waals surface area contributed by atoms with Gasteiger partial charge in [-0.25, -0.2) is 0 Å². The fourth-order valence-corrected chi connectivity index (χ4v) is 5.55. The summed E-state index contributed by atoms with van der Waals surface area (Å²) in [6.07, 6.45) is 0. The number of hydrogen-bond acceptors (Lipinski definition) is 3. The van der Waals surface area contributed by atoms with Gasteiger partial charge < -0.3 is 0 Å². The predicted molar refractivity (Wildman–Crippen MR) is 129 cm³/mol. The molecule has 0 atom stereocenters. The number of aromatic nitrogens is 4. The normalized spacial score (nSPS) is 11.9. The van der Waals surface area contributed by atoms with E-state index in [2.05, 4.69) is 116 Å². The van der Waals surface area contributed by atoms with Crippen molar-refractivity contribution in [2.75, 3.05) is 0 Å². The quantitative estimate of drug-likeness (QED) is 0.313. The van der Waals surface area contributed by atoms with Crippen LogP contribution in [0.15, 0.2) is 97.1 Å². The van der Waals surface area contributed by atoms with Crippen molar-refractivity contribution in [1.82, 2.24) is 19.3 Å². The maximum absolute atomic E-state index is 4.64. The van der Waals surface area contributed by atoms with E-state index in [4.69, 9.17) is 0 Å². The van der Waals surface area contributed by atoms with Crippen molar-refractivity contribution < 1.29 is 0 Å². The van der Waals surface area contributed by atoms with E-state index in [-0.39, 0.29) is 0 Å². The Balaban J connectivity index is 1.53. The molecule has 0 aliphatic carbocycles. The number of fused-ring (bicyclic) bond motifs is 6. The van der Waals surface area contributed by atoms with Gasteiger partial charge in [-0.3, -0.25) is 9.13 Å². The average Bonchev–Trinajstić information content (AvgIpc) is 3.51. The zero-order chi connectivity index (χ0) is 20.4. The van der Waals surface area contributed by atoms with Gasteiger partial charge in [-0.05, 0) is 24.3 Å². The van der Waals surface area contributed by atoms with Gasteiger partial charge in [0.25, 0.3) is 0 Å². The van der Waals surface area contributed by atoms with Crippen molar-refractivity contribution in [2.24, 2.45) is 0 Å². The second-order valence-electron chi connectivity index (χ2n) is 7.61. The first-order chi connectivity index (χ1) is 15.4. The molecule has 146 valence electrons. The van der Waals surface area contributed by atoms with Crippen LogP contribution in [0.3, 0.4) is 0 Å². The van der Waals surface area contributed by atoms with Crippen LogP contribution in [0.2, 0.25) is 0 Å². The van der Waals surface area contributed by atoms with Crippen LogP contribution in [-0.4, -0.2) is 19.3 Å². The number of hydrogen-bond donors (Lipinski definition) is 0. The molecule has 3 heterocycles. The molecule has 3 aromatic heterocycles. The highest BCUT2D eigenvalue weighted by Gasteiger charge is 2.18. The first-order valence-corrected chi connectivity index (χ1v) is 11.0. The molecule has 0 amide bonds. The molecule has 0 saturated carbocycles. The van der Waals surface area contributed by atoms with E-state index < -0.39 is 0 Å². The predicted octanol–water partition coefficient (Wildman–Crippen LogP) is 6.73. The lowest BCUT2D eigenvalue weighted by atomic mass is 10.2. The Hall–Kier alpha value is -3.96. The van der Waals surface area contributed by atoms with Crippen LogP contribution in [0.4, 0.5) is 0 Å². The third kappa shape index (κ3) is 2.29.